The number of anilines is 1. The van der Waals surface area contributed by atoms with Crippen LogP contribution in [0.15, 0.2) is 88.9 Å². The van der Waals surface area contributed by atoms with Gasteiger partial charge in [0.05, 0.1) is 16.6 Å². The first-order valence-electron chi connectivity index (χ1n) is 10.8. The summed E-state index contributed by atoms with van der Waals surface area (Å²) < 4.78 is 5.84. The lowest BCUT2D eigenvalue weighted by molar-refractivity contribution is -0.132. The van der Waals surface area contributed by atoms with E-state index in [0.717, 1.165) is 16.3 Å². The van der Waals surface area contributed by atoms with Crippen molar-refractivity contribution in [1.82, 2.24) is 9.97 Å². The summed E-state index contributed by atoms with van der Waals surface area (Å²) >= 11 is 0. The van der Waals surface area contributed by atoms with Crippen molar-refractivity contribution in [2.75, 3.05) is 4.90 Å². The standard InChI is InChI=1S/C27H19N3O4/c1-15-10-13-21(34-15)23-22(24(31)18-12-11-16-6-2-3-7-17(16)14-18)25(32)26(33)30(23)27-28-19-8-4-5-9-20(19)29-27/h2-14,23,31H,1H3,(H,28,29)/b24-22+. The van der Waals surface area contributed by atoms with Gasteiger partial charge in [-0.25, -0.2) is 4.98 Å². The van der Waals surface area contributed by atoms with E-state index >= 15 is 0 Å². The number of aliphatic hydroxyl groups excluding tert-OH is 1. The van der Waals surface area contributed by atoms with E-state index in [1.807, 2.05) is 54.6 Å². The second-order valence-corrected chi connectivity index (χ2v) is 8.26. The van der Waals surface area contributed by atoms with Gasteiger partial charge in [0.1, 0.15) is 23.3 Å². The largest absolute Gasteiger partial charge is 0.507 e. The minimum Gasteiger partial charge on any atom is -0.507 e. The lowest BCUT2D eigenvalue weighted by Gasteiger charge is -2.20. The van der Waals surface area contributed by atoms with Crippen molar-refractivity contribution < 1.29 is 19.1 Å². The molecule has 0 bridgehead atoms. The molecule has 1 amide bonds. The molecule has 7 nitrogen and oxygen atoms in total. The zero-order valence-electron chi connectivity index (χ0n) is 18.1. The Morgan fingerprint density at radius 3 is 2.50 bits per heavy atom. The summed E-state index contributed by atoms with van der Waals surface area (Å²) in [5.74, 6) is -0.664. The highest BCUT2D eigenvalue weighted by atomic mass is 16.3. The van der Waals surface area contributed by atoms with Crippen LogP contribution < -0.4 is 4.90 Å². The number of aryl methyl sites for hydroxylation is 1. The van der Waals surface area contributed by atoms with Crippen molar-refractivity contribution in [2.24, 2.45) is 0 Å². The van der Waals surface area contributed by atoms with Crippen LogP contribution in [0.2, 0.25) is 0 Å². The third-order valence-electron chi connectivity index (χ3n) is 6.10. The molecule has 0 aliphatic carbocycles. The number of carbonyl (C=O) groups is 2. The summed E-state index contributed by atoms with van der Waals surface area (Å²) in [5, 5.41) is 13.2. The molecular formula is C27H19N3O4. The van der Waals surface area contributed by atoms with Gasteiger partial charge in [-0.1, -0.05) is 48.5 Å². The van der Waals surface area contributed by atoms with Crippen LogP contribution in [-0.2, 0) is 9.59 Å². The Kier molecular flexibility index (Phi) is 4.38. The van der Waals surface area contributed by atoms with Crippen LogP contribution in [0.1, 0.15) is 23.1 Å². The van der Waals surface area contributed by atoms with E-state index in [4.69, 9.17) is 4.42 Å². The van der Waals surface area contributed by atoms with Crippen LogP contribution in [0.4, 0.5) is 5.95 Å². The zero-order chi connectivity index (χ0) is 23.4. The number of amides is 1. The molecule has 1 atom stereocenters. The van der Waals surface area contributed by atoms with Crippen molar-refractivity contribution in [3.8, 4) is 0 Å². The first-order valence-corrected chi connectivity index (χ1v) is 10.8. The SMILES string of the molecule is Cc1ccc(C2/C(=C(\O)c3ccc4ccccc4c3)C(=O)C(=O)N2c2nc3ccccc3[nH]2)o1. The van der Waals surface area contributed by atoms with Gasteiger partial charge in [-0.15, -0.1) is 0 Å². The van der Waals surface area contributed by atoms with Crippen molar-refractivity contribution in [2.45, 2.75) is 13.0 Å². The number of imidazole rings is 1. The number of hydrogen-bond acceptors (Lipinski definition) is 5. The van der Waals surface area contributed by atoms with Crippen molar-refractivity contribution >= 4 is 45.2 Å². The molecule has 2 aromatic heterocycles. The molecule has 3 heterocycles. The molecule has 7 heteroatoms. The Morgan fingerprint density at radius 2 is 1.74 bits per heavy atom. The number of carbonyl (C=O) groups excluding carboxylic acids is 2. The fraction of sp³-hybridized carbons (Fsp3) is 0.0741. The number of furan rings is 1. The number of aromatic amines is 1. The Morgan fingerprint density at radius 1 is 0.971 bits per heavy atom. The van der Waals surface area contributed by atoms with E-state index in [9.17, 15) is 14.7 Å². The third kappa shape index (κ3) is 3.02. The fourth-order valence-electron chi connectivity index (χ4n) is 4.47. The number of aromatic nitrogens is 2. The first kappa shape index (κ1) is 20.0. The van der Waals surface area contributed by atoms with Crippen LogP contribution in [0.5, 0.6) is 0 Å². The fourth-order valence-corrected chi connectivity index (χ4v) is 4.47. The Labute approximate surface area is 194 Å². The minimum atomic E-state index is -0.972. The van der Waals surface area contributed by atoms with Crippen LogP contribution in [0.3, 0.4) is 0 Å². The second-order valence-electron chi connectivity index (χ2n) is 8.26. The van der Waals surface area contributed by atoms with E-state index in [-0.39, 0.29) is 17.3 Å². The highest BCUT2D eigenvalue weighted by molar-refractivity contribution is 6.51. The number of aliphatic hydroxyl groups is 1. The van der Waals surface area contributed by atoms with Gasteiger partial charge in [0, 0.05) is 5.56 Å². The molecule has 1 aliphatic rings. The second kappa shape index (κ2) is 7.45. The monoisotopic (exact) mass is 449 g/mol. The number of para-hydroxylation sites is 2. The van der Waals surface area contributed by atoms with Crippen molar-refractivity contribution in [3.05, 3.63) is 102 Å². The molecule has 34 heavy (non-hydrogen) atoms. The molecule has 2 N–H and O–H groups in total. The number of benzene rings is 3. The highest BCUT2D eigenvalue weighted by Crippen LogP contribution is 2.42. The molecule has 0 spiro atoms. The predicted octanol–water partition coefficient (Wildman–Crippen LogP) is 5.24. The van der Waals surface area contributed by atoms with Gasteiger partial charge in [0.2, 0.25) is 5.95 Å². The van der Waals surface area contributed by atoms with Gasteiger partial charge in [-0.3, -0.25) is 14.5 Å². The average Bonchev–Trinajstić information content (AvgIpc) is 3.54. The van der Waals surface area contributed by atoms with Gasteiger partial charge in [-0.05, 0) is 48.0 Å². The van der Waals surface area contributed by atoms with Gasteiger partial charge in [0.25, 0.3) is 5.78 Å². The summed E-state index contributed by atoms with van der Waals surface area (Å²) in [5.41, 5.74) is 1.77. The highest BCUT2D eigenvalue weighted by Gasteiger charge is 2.49. The quantitative estimate of drug-likeness (QED) is 0.223. The maximum Gasteiger partial charge on any atom is 0.302 e. The lowest BCUT2D eigenvalue weighted by atomic mass is 9.98. The van der Waals surface area contributed by atoms with E-state index in [1.165, 1.54) is 4.90 Å². The van der Waals surface area contributed by atoms with E-state index in [1.54, 1.807) is 31.2 Å². The molecule has 1 unspecified atom stereocenters. The average molecular weight is 449 g/mol. The Balaban J connectivity index is 1.56. The molecule has 1 saturated heterocycles. The molecule has 1 aliphatic heterocycles. The molecular weight excluding hydrogens is 430 g/mol. The van der Waals surface area contributed by atoms with Gasteiger partial charge in [-0.2, -0.15) is 0 Å². The first-order chi connectivity index (χ1) is 16.5. The number of ketones is 1. The zero-order valence-corrected chi connectivity index (χ0v) is 18.1. The van der Waals surface area contributed by atoms with Gasteiger partial charge < -0.3 is 14.5 Å². The maximum atomic E-state index is 13.3. The van der Waals surface area contributed by atoms with Crippen LogP contribution in [0.25, 0.3) is 27.6 Å². The predicted molar refractivity (Wildman–Crippen MR) is 128 cm³/mol. The summed E-state index contributed by atoms with van der Waals surface area (Å²) in [7, 11) is 0. The van der Waals surface area contributed by atoms with E-state index in [0.29, 0.717) is 22.6 Å². The third-order valence-corrected chi connectivity index (χ3v) is 6.10. The number of nitrogens with one attached hydrogen (secondary N) is 1. The van der Waals surface area contributed by atoms with E-state index < -0.39 is 17.7 Å². The number of nitrogens with zero attached hydrogens (tertiary/aromatic N) is 2. The Hall–Kier alpha value is -4.65. The molecule has 1 fully saturated rings. The number of fused-ring (bicyclic) bond motifs is 2. The summed E-state index contributed by atoms with van der Waals surface area (Å²) in [6.07, 6.45) is 0. The minimum absolute atomic E-state index is 0.0462. The molecule has 3 aromatic carbocycles. The van der Waals surface area contributed by atoms with Crippen molar-refractivity contribution in [3.63, 3.8) is 0 Å². The summed E-state index contributed by atoms with van der Waals surface area (Å²) in [4.78, 5) is 35.4. The number of rotatable bonds is 3. The van der Waals surface area contributed by atoms with Gasteiger partial charge >= 0.3 is 5.91 Å². The molecule has 0 radical (unpaired) electrons. The van der Waals surface area contributed by atoms with E-state index in [2.05, 4.69) is 9.97 Å². The molecule has 5 aromatic rings. The number of hydrogen-bond donors (Lipinski definition) is 2. The van der Waals surface area contributed by atoms with Crippen LogP contribution in [0, 0.1) is 6.92 Å². The smallest absolute Gasteiger partial charge is 0.302 e. The number of Topliss-reactive ketones (excluding diaryl/α,β-unsaturated/α-hetero) is 1. The number of H-pyrrole nitrogens is 1. The topological polar surface area (TPSA) is 99.4 Å². The summed E-state index contributed by atoms with van der Waals surface area (Å²) in [6, 6.07) is 22.9. The van der Waals surface area contributed by atoms with Crippen LogP contribution >= 0.6 is 0 Å². The molecule has 166 valence electrons. The molecule has 6 rings (SSSR count). The maximum absolute atomic E-state index is 13.3. The Bertz CT molecular complexity index is 1610. The van der Waals surface area contributed by atoms with Crippen LogP contribution in [-0.4, -0.2) is 26.8 Å². The molecule has 0 saturated carbocycles. The normalized spacial score (nSPS) is 17.8. The van der Waals surface area contributed by atoms with Crippen molar-refractivity contribution in [1.29, 1.82) is 0 Å². The summed E-state index contributed by atoms with van der Waals surface area (Å²) in [6.45, 7) is 1.78. The lowest BCUT2D eigenvalue weighted by Crippen LogP contribution is -2.30. The van der Waals surface area contributed by atoms with Gasteiger partial charge in [0.15, 0.2) is 0 Å².